The zero-order valence-electron chi connectivity index (χ0n) is 14.8. The lowest BCUT2D eigenvalue weighted by atomic mass is 10.1. The molecule has 0 spiro atoms. The van der Waals surface area contributed by atoms with E-state index in [4.69, 9.17) is 4.74 Å². The largest absolute Gasteiger partial charge is 0.477 e. The van der Waals surface area contributed by atoms with Crippen LogP contribution >= 0.6 is 0 Å². The van der Waals surface area contributed by atoms with Crippen molar-refractivity contribution >= 4 is 22.6 Å². The molecule has 0 unspecified atom stereocenters. The lowest BCUT2D eigenvalue weighted by molar-refractivity contribution is -0.0488. The van der Waals surface area contributed by atoms with Crippen molar-refractivity contribution in [3.63, 3.8) is 0 Å². The number of benzene rings is 1. The highest BCUT2D eigenvalue weighted by Crippen LogP contribution is 2.44. The summed E-state index contributed by atoms with van der Waals surface area (Å²) in [5.74, 6) is -2.77. The Morgan fingerprint density at radius 2 is 1.96 bits per heavy atom. The number of piperazine rings is 1. The number of rotatable bonds is 5. The van der Waals surface area contributed by atoms with E-state index in [0.717, 1.165) is 12.3 Å². The summed E-state index contributed by atoms with van der Waals surface area (Å²) in [6, 6.07) is 0.779. The van der Waals surface area contributed by atoms with Crippen LogP contribution in [0.2, 0.25) is 0 Å². The zero-order valence-corrected chi connectivity index (χ0v) is 14.8. The Hall–Kier alpha value is -2.75. The van der Waals surface area contributed by atoms with E-state index < -0.39 is 35.1 Å². The highest BCUT2D eigenvalue weighted by atomic mass is 19.3. The minimum absolute atomic E-state index is 0.00716. The van der Waals surface area contributed by atoms with Gasteiger partial charge in [-0.1, -0.05) is 0 Å². The lowest BCUT2D eigenvalue weighted by Gasteiger charge is -2.32. The smallest absolute Gasteiger partial charge is 0.387 e. The second kappa shape index (κ2) is 7.01. The molecule has 0 bridgehead atoms. The van der Waals surface area contributed by atoms with Gasteiger partial charge in [-0.15, -0.1) is 0 Å². The summed E-state index contributed by atoms with van der Waals surface area (Å²) in [5, 5.41) is 12.1. The summed E-state index contributed by atoms with van der Waals surface area (Å²) in [4.78, 5) is 25.7. The average molecular weight is 397 g/mol. The van der Waals surface area contributed by atoms with Crippen LogP contribution < -0.4 is 20.4 Å². The van der Waals surface area contributed by atoms with Gasteiger partial charge in [0.2, 0.25) is 5.43 Å². The molecular weight excluding hydrogens is 379 g/mol. The minimum atomic E-state index is -3.23. The standard InChI is InChI=1S/C18H18F3N3O4/c19-12-7-10-13(24(9-1-2-9)8-11(15(10)25)17(26)27)16(28-18(20)21)14(12)23-5-3-22-4-6-23/h7-9,18,22H,1-6H2,(H,26,27). The number of aromatic carboxylic acids is 1. The van der Waals surface area contributed by atoms with E-state index in [1.165, 1.54) is 4.57 Å². The number of nitrogens with one attached hydrogen (secondary N) is 1. The minimum Gasteiger partial charge on any atom is -0.477 e. The highest BCUT2D eigenvalue weighted by molar-refractivity contribution is 5.97. The van der Waals surface area contributed by atoms with Crippen LogP contribution in [0, 0.1) is 5.82 Å². The quantitative estimate of drug-likeness (QED) is 0.805. The Bertz CT molecular complexity index is 998. The van der Waals surface area contributed by atoms with E-state index in [1.807, 2.05) is 0 Å². The van der Waals surface area contributed by atoms with Crippen LogP contribution in [0.25, 0.3) is 10.9 Å². The number of aromatic nitrogens is 1. The highest BCUT2D eigenvalue weighted by Gasteiger charge is 2.32. The Morgan fingerprint density at radius 1 is 1.29 bits per heavy atom. The maximum absolute atomic E-state index is 15.0. The maximum Gasteiger partial charge on any atom is 0.387 e. The molecule has 1 aromatic carbocycles. The molecule has 2 aromatic rings. The molecule has 2 aliphatic rings. The maximum atomic E-state index is 15.0. The van der Waals surface area contributed by atoms with Crippen molar-refractivity contribution < 1.29 is 27.8 Å². The third kappa shape index (κ3) is 3.17. The summed E-state index contributed by atoms with van der Waals surface area (Å²) in [6.45, 7) is -1.39. The molecule has 0 atom stereocenters. The van der Waals surface area contributed by atoms with Gasteiger partial charge in [0.25, 0.3) is 0 Å². The Labute approximate surface area is 157 Å². The van der Waals surface area contributed by atoms with E-state index in [1.54, 1.807) is 4.90 Å². The number of pyridine rings is 1. The van der Waals surface area contributed by atoms with Crippen molar-refractivity contribution in [2.45, 2.75) is 25.5 Å². The van der Waals surface area contributed by atoms with Crippen LogP contribution in [0.4, 0.5) is 18.9 Å². The lowest BCUT2D eigenvalue weighted by Crippen LogP contribution is -2.44. The Balaban J connectivity index is 2.06. The molecular formula is C18H18F3N3O4. The number of ether oxygens (including phenoxy) is 1. The third-order valence-electron chi connectivity index (χ3n) is 5.01. The molecule has 0 radical (unpaired) electrons. The van der Waals surface area contributed by atoms with Gasteiger partial charge in [-0.3, -0.25) is 4.79 Å². The van der Waals surface area contributed by atoms with Crippen molar-refractivity contribution in [2.75, 3.05) is 31.1 Å². The summed E-state index contributed by atoms with van der Waals surface area (Å²) in [5.41, 5.74) is -1.58. The molecule has 0 amide bonds. The Kier molecular flexibility index (Phi) is 4.66. The van der Waals surface area contributed by atoms with Crippen LogP contribution in [0.3, 0.4) is 0 Å². The molecule has 4 rings (SSSR count). The summed E-state index contributed by atoms with van der Waals surface area (Å²) < 4.78 is 47.6. The molecule has 2 heterocycles. The van der Waals surface area contributed by atoms with E-state index in [0.29, 0.717) is 39.0 Å². The van der Waals surface area contributed by atoms with Crippen molar-refractivity contribution in [3.8, 4) is 5.75 Å². The zero-order chi connectivity index (χ0) is 20.0. The third-order valence-corrected chi connectivity index (χ3v) is 5.01. The van der Waals surface area contributed by atoms with Crippen LogP contribution in [-0.2, 0) is 0 Å². The number of carbonyl (C=O) groups is 1. The molecule has 1 aromatic heterocycles. The second-order valence-electron chi connectivity index (χ2n) is 6.86. The normalized spacial score (nSPS) is 17.4. The molecule has 1 aliphatic heterocycles. The van der Waals surface area contributed by atoms with E-state index in [-0.39, 0.29) is 22.6 Å². The SMILES string of the molecule is O=C(O)c1cn(C2CC2)c2c(OC(F)F)c(N3CCNCC3)c(F)cc2c1=O. The topological polar surface area (TPSA) is 83.8 Å². The van der Waals surface area contributed by atoms with Gasteiger partial charge in [-0.05, 0) is 18.9 Å². The van der Waals surface area contributed by atoms with E-state index in [2.05, 4.69) is 5.32 Å². The van der Waals surface area contributed by atoms with Crippen LogP contribution in [-0.4, -0.2) is 48.4 Å². The van der Waals surface area contributed by atoms with Crippen LogP contribution in [0.15, 0.2) is 17.1 Å². The number of hydrogen-bond donors (Lipinski definition) is 2. The van der Waals surface area contributed by atoms with E-state index in [9.17, 15) is 27.9 Å². The molecule has 2 N–H and O–H groups in total. The molecule has 1 aliphatic carbocycles. The molecule has 150 valence electrons. The summed E-state index contributed by atoms with van der Waals surface area (Å²) >= 11 is 0. The van der Waals surface area contributed by atoms with Gasteiger partial charge in [0, 0.05) is 38.4 Å². The van der Waals surface area contributed by atoms with Crippen molar-refractivity contribution in [1.82, 2.24) is 9.88 Å². The summed E-state index contributed by atoms with van der Waals surface area (Å²) in [6.07, 6.45) is 2.54. The number of anilines is 1. The molecule has 1 saturated carbocycles. The number of carboxylic acid groups (broad SMARTS) is 1. The van der Waals surface area contributed by atoms with Gasteiger partial charge < -0.3 is 24.6 Å². The first kappa shape index (κ1) is 18.6. The van der Waals surface area contributed by atoms with Crippen molar-refractivity contribution in [2.24, 2.45) is 0 Å². The number of hydrogen-bond acceptors (Lipinski definition) is 5. The van der Waals surface area contributed by atoms with Gasteiger partial charge in [0.05, 0.1) is 10.9 Å². The fourth-order valence-electron chi connectivity index (χ4n) is 3.62. The molecule has 7 nitrogen and oxygen atoms in total. The summed E-state index contributed by atoms with van der Waals surface area (Å²) in [7, 11) is 0. The van der Waals surface area contributed by atoms with Crippen LogP contribution in [0.5, 0.6) is 5.75 Å². The van der Waals surface area contributed by atoms with Gasteiger partial charge in [-0.2, -0.15) is 8.78 Å². The number of alkyl halides is 2. The number of carboxylic acids is 1. The first-order chi connectivity index (χ1) is 13.4. The number of halogens is 3. The second-order valence-corrected chi connectivity index (χ2v) is 6.86. The van der Waals surface area contributed by atoms with Crippen LogP contribution in [0.1, 0.15) is 29.2 Å². The fraction of sp³-hybridized carbons (Fsp3) is 0.444. The van der Waals surface area contributed by atoms with Gasteiger partial charge in [-0.25, -0.2) is 9.18 Å². The molecule has 10 heteroatoms. The first-order valence-corrected chi connectivity index (χ1v) is 8.93. The number of fused-ring (bicyclic) bond motifs is 1. The predicted octanol–water partition coefficient (Wildman–Crippen LogP) is 2.18. The Morgan fingerprint density at radius 3 is 2.54 bits per heavy atom. The monoisotopic (exact) mass is 397 g/mol. The van der Waals surface area contributed by atoms with Gasteiger partial charge >= 0.3 is 12.6 Å². The molecule has 28 heavy (non-hydrogen) atoms. The first-order valence-electron chi connectivity index (χ1n) is 8.93. The van der Waals surface area contributed by atoms with E-state index >= 15 is 0 Å². The predicted molar refractivity (Wildman–Crippen MR) is 95.1 cm³/mol. The molecule has 1 saturated heterocycles. The van der Waals surface area contributed by atoms with Gasteiger partial charge in [0.15, 0.2) is 11.6 Å². The van der Waals surface area contributed by atoms with Crippen molar-refractivity contribution in [1.29, 1.82) is 0 Å². The average Bonchev–Trinajstić information content (AvgIpc) is 3.47. The molecule has 2 fully saturated rings. The fourth-order valence-corrected chi connectivity index (χ4v) is 3.62. The number of nitrogens with zero attached hydrogens (tertiary/aromatic N) is 2. The van der Waals surface area contributed by atoms with Crippen molar-refractivity contribution in [3.05, 3.63) is 33.9 Å². The van der Waals surface area contributed by atoms with Gasteiger partial charge in [0.1, 0.15) is 11.3 Å².